The number of anilines is 3. The van der Waals surface area contributed by atoms with Gasteiger partial charge in [0.1, 0.15) is 22.7 Å². The largest absolute Gasteiger partial charge is 0.494 e. The van der Waals surface area contributed by atoms with Crippen molar-refractivity contribution in [1.29, 1.82) is 5.41 Å². The first-order valence-electron chi connectivity index (χ1n) is 8.61. The Labute approximate surface area is 155 Å². The number of nitrogens with two attached hydrogens (primary N) is 1. The number of hydrogen-bond donors (Lipinski definition) is 3. The number of ether oxygens (including phenoxy) is 1. The first-order chi connectivity index (χ1) is 12.6. The number of hydrogen-bond acceptors (Lipinski definition) is 7. The van der Waals surface area contributed by atoms with Crippen LogP contribution in [0.5, 0.6) is 5.75 Å². The number of aromatic nitrogens is 2. The van der Waals surface area contributed by atoms with E-state index in [4.69, 9.17) is 15.9 Å². The monoisotopic (exact) mass is 367 g/mol. The SMILES string of the molecule is COc1cc(N)c(C=N)cc1Nc1ncnc2sc3c(c12)CCC(C)C3. The van der Waals surface area contributed by atoms with E-state index in [1.165, 1.54) is 23.1 Å². The van der Waals surface area contributed by atoms with Crippen molar-refractivity contribution in [1.82, 2.24) is 9.97 Å². The summed E-state index contributed by atoms with van der Waals surface area (Å²) in [6, 6.07) is 3.54. The van der Waals surface area contributed by atoms with E-state index in [1.807, 2.05) is 6.07 Å². The number of aryl methyl sites for hydroxylation is 1. The zero-order valence-electron chi connectivity index (χ0n) is 14.8. The first kappa shape index (κ1) is 16.8. The summed E-state index contributed by atoms with van der Waals surface area (Å²) in [6.07, 6.45) is 6.19. The predicted octanol–water partition coefficient (Wildman–Crippen LogP) is 4.15. The molecule has 4 rings (SSSR count). The molecule has 4 N–H and O–H groups in total. The molecule has 7 heteroatoms. The standard InChI is InChI=1S/C19H21N5OS/c1-10-3-4-12-16(5-10)26-19-17(12)18(22-9-23-19)24-14-6-11(8-20)13(21)7-15(14)25-2/h6-10,20H,3-5,21H2,1-2H3,(H,22,23,24). The molecule has 1 atom stereocenters. The second kappa shape index (κ2) is 6.57. The van der Waals surface area contributed by atoms with Crippen LogP contribution in [0.2, 0.25) is 0 Å². The summed E-state index contributed by atoms with van der Waals surface area (Å²) in [6.45, 7) is 2.30. The third-order valence-electron chi connectivity index (χ3n) is 4.91. The maximum absolute atomic E-state index is 7.54. The molecule has 134 valence electrons. The molecule has 2 aromatic heterocycles. The molecule has 1 aliphatic rings. The Morgan fingerprint density at radius 3 is 3.00 bits per heavy atom. The fourth-order valence-electron chi connectivity index (χ4n) is 3.50. The van der Waals surface area contributed by atoms with Crippen LogP contribution in [0.3, 0.4) is 0 Å². The Balaban J connectivity index is 1.82. The van der Waals surface area contributed by atoms with E-state index in [0.717, 1.165) is 34.6 Å². The highest BCUT2D eigenvalue weighted by Gasteiger charge is 2.23. The highest BCUT2D eigenvalue weighted by Crippen LogP contribution is 2.41. The number of benzene rings is 1. The molecule has 0 saturated heterocycles. The van der Waals surface area contributed by atoms with Gasteiger partial charge in [0.05, 0.1) is 18.2 Å². The minimum absolute atomic E-state index is 0.511. The Morgan fingerprint density at radius 2 is 2.23 bits per heavy atom. The number of nitrogen functional groups attached to an aromatic ring is 1. The lowest BCUT2D eigenvalue weighted by Gasteiger charge is -2.18. The zero-order chi connectivity index (χ0) is 18.3. The molecule has 0 fully saturated rings. The summed E-state index contributed by atoms with van der Waals surface area (Å²) in [5, 5.41) is 12.0. The lowest BCUT2D eigenvalue weighted by atomic mass is 9.89. The lowest BCUT2D eigenvalue weighted by Crippen LogP contribution is -2.09. The molecule has 1 aromatic carbocycles. The molecule has 6 nitrogen and oxygen atoms in total. The summed E-state index contributed by atoms with van der Waals surface area (Å²) in [4.78, 5) is 11.4. The number of thiophene rings is 1. The van der Waals surface area contributed by atoms with Crippen LogP contribution >= 0.6 is 11.3 Å². The van der Waals surface area contributed by atoms with Crippen molar-refractivity contribution in [3.05, 3.63) is 34.5 Å². The maximum atomic E-state index is 7.54. The molecule has 3 aromatic rings. The fourth-order valence-corrected chi connectivity index (χ4v) is 4.85. The Morgan fingerprint density at radius 1 is 1.38 bits per heavy atom. The molecule has 2 heterocycles. The van der Waals surface area contributed by atoms with Gasteiger partial charge in [-0.05, 0) is 36.8 Å². The molecule has 1 aliphatic carbocycles. The molecule has 0 spiro atoms. The summed E-state index contributed by atoms with van der Waals surface area (Å²) in [7, 11) is 1.60. The van der Waals surface area contributed by atoms with Gasteiger partial charge in [0.2, 0.25) is 0 Å². The highest BCUT2D eigenvalue weighted by atomic mass is 32.1. The number of rotatable bonds is 4. The van der Waals surface area contributed by atoms with Gasteiger partial charge in [-0.25, -0.2) is 9.97 Å². The normalized spacial score (nSPS) is 16.3. The van der Waals surface area contributed by atoms with Gasteiger partial charge in [0.15, 0.2) is 0 Å². The summed E-state index contributed by atoms with van der Waals surface area (Å²) in [5.74, 6) is 2.12. The smallest absolute Gasteiger partial charge is 0.144 e. The van der Waals surface area contributed by atoms with Crippen molar-refractivity contribution >= 4 is 45.0 Å². The molecule has 0 bridgehead atoms. The Kier molecular flexibility index (Phi) is 4.24. The van der Waals surface area contributed by atoms with E-state index in [9.17, 15) is 0 Å². The molecule has 0 saturated carbocycles. The average molecular weight is 367 g/mol. The maximum Gasteiger partial charge on any atom is 0.144 e. The molecule has 0 amide bonds. The van der Waals surface area contributed by atoms with E-state index < -0.39 is 0 Å². The van der Waals surface area contributed by atoms with Crippen molar-refractivity contribution in [3.63, 3.8) is 0 Å². The summed E-state index contributed by atoms with van der Waals surface area (Å²) >= 11 is 1.77. The zero-order valence-corrected chi connectivity index (χ0v) is 15.6. The van der Waals surface area contributed by atoms with Crippen molar-refractivity contribution in [3.8, 4) is 5.75 Å². The highest BCUT2D eigenvalue weighted by molar-refractivity contribution is 7.19. The van der Waals surface area contributed by atoms with Gasteiger partial charge in [-0.15, -0.1) is 11.3 Å². The number of fused-ring (bicyclic) bond motifs is 3. The third-order valence-corrected chi connectivity index (χ3v) is 6.07. The van der Waals surface area contributed by atoms with E-state index in [0.29, 0.717) is 22.9 Å². The fraction of sp³-hybridized carbons (Fsp3) is 0.316. The van der Waals surface area contributed by atoms with E-state index in [2.05, 4.69) is 22.2 Å². The second-order valence-corrected chi connectivity index (χ2v) is 7.79. The molecule has 1 unspecified atom stereocenters. The first-order valence-corrected chi connectivity index (χ1v) is 9.42. The molecule has 0 radical (unpaired) electrons. The Bertz CT molecular complexity index is 997. The summed E-state index contributed by atoms with van der Waals surface area (Å²) < 4.78 is 5.46. The number of nitrogens with one attached hydrogen (secondary N) is 2. The van der Waals surface area contributed by atoms with Gasteiger partial charge in [0.25, 0.3) is 0 Å². The van der Waals surface area contributed by atoms with Crippen LogP contribution in [0.1, 0.15) is 29.3 Å². The topological polar surface area (TPSA) is 96.9 Å². The van der Waals surface area contributed by atoms with Gasteiger partial charge in [-0.1, -0.05) is 6.92 Å². The minimum Gasteiger partial charge on any atom is -0.494 e. The molecular weight excluding hydrogens is 346 g/mol. The number of nitrogens with zero attached hydrogens (tertiary/aromatic N) is 2. The van der Waals surface area contributed by atoms with Crippen LogP contribution in [-0.2, 0) is 12.8 Å². The summed E-state index contributed by atoms with van der Waals surface area (Å²) in [5.41, 5.74) is 9.22. The van der Waals surface area contributed by atoms with Crippen LogP contribution in [0.4, 0.5) is 17.2 Å². The van der Waals surface area contributed by atoms with Crippen molar-refractivity contribution in [2.24, 2.45) is 5.92 Å². The van der Waals surface area contributed by atoms with Crippen LogP contribution in [0.15, 0.2) is 18.5 Å². The quantitative estimate of drug-likeness (QED) is 0.475. The van der Waals surface area contributed by atoms with Crippen LogP contribution in [0, 0.1) is 11.3 Å². The van der Waals surface area contributed by atoms with Crippen LogP contribution in [0.25, 0.3) is 10.2 Å². The van der Waals surface area contributed by atoms with Gasteiger partial charge >= 0.3 is 0 Å². The average Bonchev–Trinajstić information content (AvgIpc) is 3.01. The van der Waals surface area contributed by atoms with Gasteiger partial charge in [0, 0.05) is 28.4 Å². The van der Waals surface area contributed by atoms with Crippen molar-refractivity contribution in [2.45, 2.75) is 26.2 Å². The van der Waals surface area contributed by atoms with E-state index in [1.54, 1.807) is 30.8 Å². The van der Waals surface area contributed by atoms with E-state index >= 15 is 0 Å². The molecular formula is C19H21N5OS. The van der Waals surface area contributed by atoms with Gasteiger partial charge < -0.3 is 21.2 Å². The van der Waals surface area contributed by atoms with Crippen LogP contribution < -0.4 is 15.8 Å². The second-order valence-electron chi connectivity index (χ2n) is 6.70. The van der Waals surface area contributed by atoms with E-state index in [-0.39, 0.29) is 0 Å². The van der Waals surface area contributed by atoms with Crippen LogP contribution in [-0.4, -0.2) is 23.3 Å². The van der Waals surface area contributed by atoms with Crippen molar-refractivity contribution in [2.75, 3.05) is 18.2 Å². The predicted molar refractivity (Wildman–Crippen MR) is 107 cm³/mol. The third kappa shape index (κ3) is 2.78. The number of methoxy groups -OCH3 is 1. The molecule has 0 aliphatic heterocycles. The van der Waals surface area contributed by atoms with Gasteiger partial charge in [-0.2, -0.15) is 0 Å². The Hall–Kier alpha value is -2.67. The molecule has 26 heavy (non-hydrogen) atoms. The van der Waals surface area contributed by atoms with Crippen molar-refractivity contribution < 1.29 is 4.74 Å². The lowest BCUT2D eigenvalue weighted by molar-refractivity contribution is 0.417. The van der Waals surface area contributed by atoms with Gasteiger partial charge in [-0.3, -0.25) is 0 Å². The minimum atomic E-state index is 0.511.